The van der Waals surface area contributed by atoms with Crippen molar-refractivity contribution in [2.24, 2.45) is 0 Å². The predicted octanol–water partition coefficient (Wildman–Crippen LogP) is 4.13. The smallest absolute Gasteiger partial charge is 0.159 e. The average Bonchev–Trinajstić information content (AvgIpc) is 2.53. The van der Waals surface area contributed by atoms with Crippen LogP contribution in [-0.2, 0) is 0 Å². The van der Waals surface area contributed by atoms with Gasteiger partial charge in [-0.25, -0.2) is 9.97 Å². The number of carbonyl (C=O) groups excluding carboxylic acids is 1. The van der Waals surface area contributed by atoms with E-state index in [1.54, 1.807) is 25.3 Å². The molecule has 0 saturated carbocycles. The summed E-state index contributed by atoms with van der Waals surface area (Å²) in [6.45, 7) is 3.71. The largest absolute Gasteiger partial charge is 0.382 e. The number of unbranched alkanes of at least 4 members (excludes halogenated alkanes) is 2. The van der Waals surface area contributed by atoms with Gasteiger partial charge >= 0.3 is 0 Å². The zero-order chi connectivity index (χ0) is 15.9. The van der Waals surface area contributed by atoms with Gasteiger partial charge in [-0.1, -0.05) is 50.1 Å². The van der Waals surface area contributed by atoms with Crippen LogP contribution < -0.4 is 5.73 Å². The van der Waals surface area contributed by atoms with Gasteiger partial charge < -0.3 is 5.73 Å². The minimum absolute atomic E-state index is 0.0400. The van der Waals surface area contributed by atoms with E-state index in [2.05, 4.69) is 23.0 Å². The molecule has 0 unspecified atom stereocenters. The van der Waals surface area contributed by atoms with Crippen molar-refractivity contribution in [1.29, 1.82) is 0 Å². The van der Waals surface area contributed by atoms with Crippen LogP contribution in [0.25, 0.3) is 17.3 Å². The number of rotatable bonds is 6. The van der Waals surface area contributed by atoms with E-state index in [9.17, 15) is 4.79 Å². The Balaban J connectivity index is 2.26. The molecule has 0 amide bonds. The van der Waals surface area contributed by atoms with Crippen molar-refractivity contribution < 1.29 is 4.79 Å². The first-order valence-corrected chi connectivity index (χ1v) is 7.52. The molecule has 0 aliphatic rings. The van der Waals surface area contributed by atoms with E-state index in [4.69, 9.17) is 5.73 Å². The number of allylic oxidation sites excluding steroid dienone is 1. The molecule has 1 aromatic carbocycles. The molecule has 0 spiro atoms. The summed E-state index contributed by atoms with van der Waals surface area (Å²) in [5.74, 6) is 0.430. The molecule has 0 bridgehead atoms. The maximum atomic E-state index is 11.3. The van der Waals surface area contributed by atoms with Gasteiger partial charge in [-0.2, -0.15) is 0 Å². The second-order valence-electron chi connectivity index (χ2n) is 5.21. The van der Waals surface area contributed by atoms with E-state index in [1.165, 1.54) is 6.42 Å². The standard InChI is InChI=1S/C18H21N3O/c1-3-4-5-6-7-16-12-20-18(19)17(21-16)15-10-8-14(9-11-15)13(2)22/h6-12H,3-5H2,1-2H3,(H2,19,20)/b7-6+. The Kier molecular flexibility index (Phi) is 5.42. The first kappa shape index (κ1) is 15.9. The van der Waals surface area contributed by atoms with Gasteiger partial charge in [-0.3, -0.25) is 4.79 Å². The molecule has 0 fully saturated rings. The highest BCUT2D eigenvalue weighted by Crippen LogP contribution is 2.23. The predicted molar refractivity (Wildman–Crippen MR) is 90.4 cm³/mol. The lowest BCUT2D eigenvalue weighted by atomic mass is 10.1. The van der Waals surface area contributed by atoms with Crippen LogP contribution in [0, 0.1) is 0 Å². The Bertz CT molecular complexity index is 675. The number of benzene rings is 1. The Morgan fingerprint density at radius 3 is 2.64 bits per heavy atom. The van der Waals surface area contributed by atoms with Crippen LogP contribution in [-0.4, -0.2) is 15.8 Å². The highest BCUT2D eigenvalue weighted by Gasteiger charge is 2.07. The summed E-state index contributed by atoms with van der Waals surface area (Å²) in [7, 11) is 0. The molecule has 2 aromatic rings. The monoisotopic (exact) mass is 295 g/mol. The maximum absolute atomic E-state index is 11.3. The molecule has 0 saturated heterocycles. The second kappa shape index (κ2) is 7.50. The van der Waals surface area contributed by atoms with Crippen molar-refractivity contribution in [3.8, 4) is 11.3 Å². The van der Waals surface area contributed by atoms with Gasteiger partial charge in [0.2, 0.25) is 0 Å². The van der Waals surface area contributed by atoms with E-state index in [1.807, 2.05) is 18.2 Å². The molecule has 4 nitrogen and oxygen atoms in total. The van der Waals surface area contributed by atoms with Gasteiger partial charge in [0.05, 0.1) is 11.9 Å². The molecule has 114 valence electrons. The quantitative estimate of drug-likeness (QED) is 0.642. The Morgan fingerprint density at radius 1 is 1.27 bits per heavy atom. The van der Waals surface area contributed by atoms with Crippen LogP contribution in [0.15, 0.2) is 36.5 Å². The van der Waals surface area contributed by atoms with Gasteiger partial charge in [-0.15, -0.1) is 0 Å². The molecule has 0 atom stereocenters. The molecule has 0 aliphatic carbocycles. The van der Waals surface area contributed by atoms with Crippen LogP contribution in [0.4, 0.5) is 5.82 Å². The third-order valence-electron chi connectivity index (χ3n) is 3.40. The molecule has 4 heteroatoms. The van der Waals surface area contributed by atoms with Crippen LogP contribution in [0.5, 0.6) is 0 Å². The summed E-state index contributed by atoms with van der Waals surface area (Å²) in [4.78, 5) is 20.1. The Hall–Kier alpha value is -2.49. The van der Waals surface area contributed by atoms with Gasteiger partial charge in [0, 0.05) is 11.1 Å². The number of hydrogen-bond donors (Lipinski definition) is 1. The van der Waals surface area contributed by atoms with Crippen molar-refractivity contribution in [1.82, 2.24) is 9.97 Å². The van der Waals surface area contributed by atoms with Crippen molar-refractivity contribution in [3.63, 3.8) is 0 Å². The van der Waals surface area contributed by atoms with Crippen LogP contribution in [0.2, 0.25) is 0 Å². The number of carbonyl (C=O) groups is 1. The SMILES string of the molecule is CCCC/C=C/c1cnc(N)c(-c2ccc(C(C)=O)cc2)n1. The number of nitrogens with two attached hydrogens (primary N) is 1. The van der Waals surface area contributed by atoms with Gasteiger partial charge in [0.25, 0.3) is 0 Å². The number of hydrogen-bond acceptors (Lipinski definition) is 4. The van der Waals surface area contributed by atoms with Crippen molar-refractivity contribution in [2.75, 3.05) is 5.73 Å². The van der Waals surface area contributed by atoms with E-state index in [-0.39, 0.29) is 5.78 Å². The molecular formula is C18H21N3O. The summed E-state index contributed by atoms with van der Waals surface area (Å²) in [6, 6.07) is 7.26. The molecule has 2 rings (SSSR count). The van der Waals surface area contributed by atoms with Gasteiger partial charge in [0.15, 0.2) is 5.78 Å². The highest BCUT2D eigenvalue weighted by atomic mass is 16.1. The van der Waals surface area contributed by atoms with E-state index in [0.29, 0.717) is 17.1 Å². The van der Waals surface area contributed by atoms with Gasteiger partial charge in [-0.05, 0) is 19.4 Å². The molecule has 1 heterocycles. The maximum Gasteiger partial charge on any atom is 0.159 e. The van der Waals surface area contributed by atoms with Crippen molar-refractivity contribution in [3.05, 3.63) is 47.8 Å². The minimum atomic E-state index is 0.0400. The number of aromatic nitrogens is 2. The zero-order valence-electron chi connectivity index (χ0n) is 13.0. The first-order valence-electron chi connectivity index (χ1n) is 7.52. The van der Waals surface area contributed by atoms with Gasteiger partial charge in [0.1, 0.15) is 11.5 Å². The second-order valence-corrected chi connectivity index (χ2v) is 5.21. The summed E-state index contributed by atoms with van der Waals surface area (Å²) in [5.41, 5.74) is 8.90. The summed E-state index contributed by atoms with van der Waals surface area (Å²) in [5, 5.41) is 0. The fourth-order valence-corrected chi connectivity index (χ4v) is 2.09. The Morgan fingerprint density at radius 2 is 2.00 bits per heavy atom. The summed E-state index contributed by atoms with van der Waals surface area (Å²) in [6.07, 6.45) is 9.11. The fraction of sp³-hybridized carbons (Fsp3) is 0.278. The lowest BCUT2D eigenvalue weighted by Gasteiger charge is -2.06. The molecule has 2 N–H and O–H groups in total. The van der Waals surface area contributed by atoms with E-state index < -0.39 is 0 Å². The number of nitrogens with zero attached hydrogens (tertiary/aromatic N) is 2. The van der Waals surface area contributed by atoms with Crippen LogP contribution in [0.1, 0.15) is 49.2 Å². The van der Waals surface area contributed by atoms with Crippen LogP contribution >= 0.6 is 0 Å². The third kappa shape index (κ3) is 4.01. The highest BCUT2D eigenvalue weighted by molar-refractivity contribution is 5.94. The van der Waals surface area contributed by atoms with E-state index in [0.717, 1.165) is 24.1 Å². The molecule has 1 aromatic heterocycles. The molecule has 0 radical (unpaired) electrons. The molecule has 22 heavy (non-hydrogen) atoms. The summed E-state index contributed by atoms with van der Waals surface area (Å²) < 4.78 is 0. The number of nitrogen functional groups attached to an aromatic ring is 1. The molecule has 0 aliphatic heterocycles. The minimum Gasteiger partial charge on any atom is -0.382 e. The zero-order valence-corrected chi connectivity index (χ0v) is 13.0. The number of anilines is 1. The normalized spacial score (nSPS) is 11.0. The molecular weight excluding hydrogens is 274 g/mol. The topological polar surface area (TPSA) is 68.9 Å². The lowest BCUT2D eigenvalue weighted by Crippen LogP contribution is -1.99. The number of ketones is 1. The van der Waals surface area contributed by atoms with Crippen LogP contribution in [0.3, 0.4) is 0 Å². The lowest BCUT2D eigenvalue weighted by molar-refractivity contribution is 0.101. The van der Waals surface area contributed by atoms with Crippen molar-refractivity contribution in [2.45, 2.75) is 33.1 Å². The number of Topliss-reactive ketones (excluding diaryl/α,β-unsaturated/α-hetero) is 1. The summed E-state index contributed by atoms with van der Waals surface area (Å²) >= 11 is 0. The average molecular weight is 295 g/mol. The fourth-order valence-electron chi connectivity index (χ4n) is 2.09. The van der Waals surface area contributed by atoms with Crippen molar-refractivity contribution >= 4 is 17.7 Å². The first-order chi connectivity index (χ1) is 10.6. The third-order valence-corrected chi connectivity index (χ3v) is 3.40. The van der Waals surface area contributed by atoms with E-state index >= 15 is 0 Å². The Labute approximate surface area is 131 Å².